The van der Waals surface area contributed by atoms with Crippen LogP contribution in [0.25, 0.3) is 10.2 Å². The van der Waals surface area contributed by atoms with Gasteiger partial charge in [0.15, 0.2) is 0 Å². The van der Waals surface area contributed by atoms with Crippen molar-refractivity contribution < 1.29 is 27.9 Å². The van der Waals surface area contributed by atoms with Gasteiger partial charge in [-0.05, 0) is 38.5 Å². The van der Waals surface area contributed by atoms with Gasteiger partial charge in [0.2, 0.25) is 0 Å². The summed E-state index contributed by atoms with van der Waals surface area (Å²) in [6.45, 7) is 5.18. The summed E-state index contributed by atoms with van der Waals surface area (Å²) in [4.78, 5) is 29.0. The van der Waals surface area contributed by atoms with Crippen molar-refractivity contribution in [2.45, 2.75) is 39.4 Å². The minimum Gasteiger partial charge on any atom is -0.481 e. The first-order chi connectivity index (χ1) is 11.5. The molecule has 0 aliphatic rings. The fraction of sp³-hybridized carbons (Fsp3) is 0.438. The van der Waals surface area contributed by atoms with E-state index in [4.69, 9.17) is 5.11 Å². The number of nitrogens with zero attached hydrogens (tertiary/aromatic N) is 2. The van der Waals surface area contributed by atoms with Crippen LogP contribution in [0.15, 0.2) is 12.1 Å². The molecule has 136 valence electrons. The highest BCUT2D eigenvalue weighted by atomic mass is 32.1. The second kappa shape index (κ2) is 6.99. The Kier molecular flexibility index (Phi) is 5.36. The van der Waals surface area contributed by atoms with Gasteiger partial charge < -0.3 is 10.0 Å². The zero-order chi connectivity index (χ0) is 18.9. The number of hydrogen-bond donors (Lipinski definition) is 1. The molecular weight excluding hydrogens is 357 g/mol. The first kappa shape index (κ1) is 19.2. The van der Waals surface area contributed by atoms with Gasteiger partial charge in [0, 0.05) is 18.0 Å². The van der Waals surface area contributed by atoms with Crippen LogP contribution in [0.3, 0.4) is 0 Å². The van der Waals surface area contributed by atoms with E-state index in [2.05, 4.69) is 4.98 Å². The summed E-state index contributed by atoms with van der Waals surface area (Å²) in [5.41, 5.74) is -0.459. The maximum Gasteiger partial charge on any atom is 0.433 e. The standard InChI is InChI=1S/C16H17F3N2O3S/c1-8(2)21(7-6-12(22)23)15(24)13-9(3)10-4-5-11(16(17,18)19)20-14(10)25-13/h4-5,8H,6-7H2,1-3H3,(H,22,23). The molecular formula is C16H17F3N2O3S. The summed E-state index contributed by atoms with van der Waals surface area (Å²) in [7, 11) is 0. The Bertz CT molecular complexity index is 815. The van der Waals surface area contributed by atoms with Gasteiger partial charge in [0.1, 0.15) is 10.5 Å². The summed E-state index contributed by atoms with van der Waals surface area (Å²) in [5, 5.41) is 9.31. The molecule has 0 fully saturated rings. The van der Waals surface area contributed by atoms with E-state index in [1.807, 2.05) is 0 Å². The highest BCUT2D eigenvalue weighted by Crippen LogP contribution is 2.34. The summed E-state index contributed by atoms with van der Waals surface area (Å²) in [6, 6.07) is 1.96. The minimum absolute atomic E-state index is 0.0285. The summed E-state index contributed by atoms with van der Waals surface area (Å²) in [5.74, 6) is -1.42. The van der Waals surface area contributed by atoms with Gasteiger partial charge in [0.05, 0.1) is 11.3 Å². The highest BCUT2D eigenvalue weighted by Gasteiger charge is 2.33. The van der Waals surface area contributed by atoms with Gasteiger partial charge in [-0.25, -0.2) is 4.98 Å². The number of carboxylic acid groups (broad SMARTS) is 1. The van der Waals surface area contributed by atoms with Crippen LogP contribution in [-0.2, 0) is 11.0 Å². The molecule has 0 radical (unpaired) electrons. The topological polar surface area (TPSA) is 70.5 Å². The number of aliphatic carboxylic acids is 1. The van der Waals surface area contributed by atoms with E-state index in [1.165, 1.54) is 11.0 Å². The number of hydrogen-bond acceptors (Lipinski definition) is 4. The van der Waals surface area contributed by atoms with Gasteiger partial charge in [-0.2, -0.15) is 13.2 Å². The van der Waals surface area contributed by atoms with E-state index in [0.29, 0.717) is 10.9 Å². The Labute approximate surface area is 146 Å². The zero-order valence-corrected chi connectivity index (χ0v) is 14.7. The number of amides is 1. The van der Waals surface area contributed by atoms with Crippen molar-refractivity contribution in [2.24, 2.45) is 0 Å². The van der Waals surface area contributed by atoms with Crippen LogP contribution in [0.5, 0.6) is 0 Å². The molecule has 2 aromatic heterocycles. The molecule has 2 aromatic rings. The number of pyridine rings is 1. The number of carbonyl (C=O) groups is 2. The predicted octanol–water partition coefficient (Wildman–Crippen LogP) is 3.95. The molecule has 0 unspecified atom stereocenters. The number of aromatic nitrogens is 1. The Balaban J connectivity index is 2.43. The average molecular weight is 374 g/mol. The molecule has 0 aliphatic heterocycles. The van der Waals surface area contributed by atoms with Gasteiger partial charge in [-0.15, -0.1) is 11.3 Å². The molecule has 0 spiro atoms. The van der Waals surface area contributed by atoms with Crippen molar-refractivity contribution in [2.75, 3.05) is 6.54 Å². The molecule has 2 heterocycles. The SMILES string of the molecule is Cc1c(C(=O)N(CCC(=O)O)C(C)C)sc2nc(C(F)(F)F)ccc12. The van der Waals surface area contributed by atoms with Crippen LogP contribution in [0.4, 0.5) is 13.2 Å². The number of fused-ring (bicyclic) bond motifs is 1. The van der Waals surface area contributed by atoms with E-state index in [1.54, 1.807) is 20.8 Å². The average Bonchev–Trinajstić information content (AvgIpc) is 2.82. The van der Waals surface area contributed by atoms with E-state index < -0.39 is 23.7 Å². The van der Waals surface area contributed by atoms with Crippen molar-refractivity contribution in [3.05, 3.63) is 28.3 Å². The zero-order valence-electron chi connectivity index (χ0n) is 13.8. The van der Waals surface area contributed by atoms with Crippen LogP contribution >= 0.6 is 11.3 Å². The molecule has 25 heavy (non-hydrogen) atoms. The molecule has 9 heteroatoms. The number of carboxylic acids is 1. The number of carbonyl (C=O) groups excluding carboxylic acids is 1. The monoisotopic (exact) mass is 374 g/mol. The third-order valence-corrected chi connectivity index (χ3v) is 4.93. The number of rotatable bonds is 5. The minimum atomic E-state index is -4.55. The molecule has 0 bridgehead atoms. The lowest BCUT2D eigenvalue weighted by molar-refractivity contribution is -0.141. The third-order valence-electron chi connectivity index (χ3n) is 3.74. The van der Waals surface area contributed by atoms with Crippen LogP contribution in [-0.4, -0.2) is 39.5 Å². The molecule has 2 rings (SSSR count). The fourth-order valence-corrected chi connectivity index (χ4v) is 3.54. The first-order valence-electron chi connectivity index (χ1n) is 7.52. The molecule has 0 aliphatic carbocycles. The lowest BCUT2D eigenvalue weighted by atomic mass is 10.1. The van der Waals surface area contributed by atoms with Gasteiger partial charge in [-0.1, -0.05) is 0 Å². The molecule has 0 saturated heterocycles. The fourth-order valence-electron chi connectivity index (χ4n) is 2.40. The van der Waals surface area contributed by atoms with Crippen LogP contribution in [0.1, 0.15) is 41.2 Å². The first-order valence-corrected chi connectivity index (χ1v) is 8.34. The van der Waals surface area contributed by atoms with Gasteiger partial charge >= 0.3 is 12.1 Å². The quantitative estimate of drug-likeness (QED) is 0.860. The Hall–Kier alpha value is -2.16. The van der Waals surface area contributed by atoms with Crippen LogP contribution in [0, 0.1) is 6.92 Å². The normalized spacial score (nSPS) is 12.0. The lowest BCUT2D eigenvalue weighted by Crippen LogP contribution is -2.38. The largest absolute Gasteiger partial charge is 0.481 e. The maximum atomic E-state index is 12.8. The van der Waals surface area contributed by atoms with Gasteiger partial charge in [-0.3, -0.25) is 9.59 Å². The number of thiophene rings is 1. The van der Waals surface area contributed by atoms with E-state index in [0.717, 1.165) is 17.4 Å². The second-order valence-electron chi connectivity index (χ2n) is 5.84. The summed E-state index contributed by atoms with van der Waals surface area (Å²) in [6.07, 6.45) is -4.76. The number of alkyl halides is 3. The Morgan fingerprint density at radius 3 is 2.48 bits per heavy atom. The van der Waals surface area contributed by atoms with Crippen LogP contribution in [0.2, 0.25) is 0 Å². The Morgan fingerprint density at radius 1 is 1.32 bits per heavy atom. The van der Waals surface area contributed by atoms with Crippen molar-refractivity contribution in [3.63, 3.8) is 0 Å². The second-order valence-corrected chi connectivity index (χ2v) is 6.84. The molecule has 1 amide bonds. The molecule has 1 N–H and O–H groups in total. The number of halogens is 3. The van der Waals surface area contributed by atoms with E-state index in [9.17, 15) is 22.8 Å². The molecule has 0 saturated carbocycles. The molecule has 0 aromatic carbocycles. The molecule has 5 nitrogen and oxygen atoms in total. The van der Waals surface area contributed by atoms with Crippen LogP contribution < -0.4 is 0 Å². The van der Waals surface area contributed by atoms with Crippen molar-refractivity contribution in [3.8, 4) is 0 Å². The predicted molar refractivity (Wildman–Crippen MR) is 87.8 cm³/mol. The van der Waals surface area contributed by atoms with Crippen molar-refractivity contribution >= 4 is 33.4 Å². The van der Waals surface area contributed by atoms with Crippen molar-refractivity contribution in [1.82, 2.24) is 9.88 Å². The van der Waals surface area contributed by atoms with E-state index >= 15 is 0 Å². The number of aryl methyl sites for hydroxylation is 1. The van der Waals surface area contributed by atoms with Gasteiger partial charge in [0.25, 0.3) is 5.91 Å². The van der Waals surface area contributed by atoms with Crippen molar-refractivity contribution in [1.29, 1.82) is 0 Å². The smallest absolute Gasteiger partial charge is 0.433 e. The molecule has 0 atom stereocenters. The highest BCUT2D eigenvalue weighted by molar-refractivity contribution is 7.20. The lowest BCUT2D eigenvalue weighted by Gasteiger charge is -2.25. The van der Waals surface area contributed by atoms with E-state index in [-0.39, 0.29) is 28.7 Å². The maximum absolute atomic E-state index is 12.8. The Morgan fingerprint density at radius 2 is 1.96 bits per heavy atom. The summed E-state index contributed by atoms with van der Waals surface area (Å²) < 4.78 is 38.4. The summed E-state index contributed by atoms with van der Waals surface area (Å²) >= 11 is 0.893. The third kappa shape index (κ3) is 4.09.